The summed E-state index contributed by atoms with van der Waals surface area (Å²) in [5, 5.41) is 2.87. The molecule has 0 aliphatic rings. The number of sulfone groups is 1. The zero-order chi connectivity index (χ0) is 22.7. The van der Waals surface area contributed by atoms with Crippen LogP contribution < -0.4 is 5.32 Å². The van der Waals surface area contributed by atoms with Crippen LogP contribution >= 0.6 is 0 Å². The number of anilines is 1. The number of rotatable bonds is 6. The van der Waals surface area contributed by atoms with E-state index in [9.17, 15) is 13.2 Å². The predicted molar refractivity (Wildman–Crippen MR) is 124 cm³/mol. The molecule has 1 N–H and O–H groups in total. The number of amides is 1. The molecule has 0 saturated carbocycles. The fraction of sp³-hybridized carbons (Fsp3) is 0.120. The predicted octanol–water partition coefficient (Wildman–Crippen LogP) is 4.63. The van der Waals surface area contributed by atoms with Crippen LogP contribution in [0.1, 0.15) is 27.2 Å². The van der Waals surface area contributed by atoms with Gasteiger partial charge in [0.1, 0.15) is 10.7 Å². The van der Waals surface area contributed by atoms with Crippen molar-refractivity contribution in [2.45, 2.75) is 30.2 Å². The molecule has 1 amide bonds. The molecule has 4 rings (SSSR count). The molecule has 0 unspecified atom stereocenters. The van der Waals surface area contributed by atoms with Gasteiger partial charge in [0.15, 0.2) is 0 Å². The average molecular weight is 446 g/mol. The summed E-state index contributed by atoms with van der Waals surface area (Å²) >= 11 is 0. The number of pyridine rings is 1. The van der Waals surface area contributed by atoms with Crippen molar-refractivity contribution in [2.75, 3.05) is 5.32 Å². The lowest BCUT2D eigenvalue weighted by molar-refractivity contribution is 0.102. The average Bonchev–Trinajstić information content (AvgIpc) is 3.05. The smallest absolute Gasteiger partial charge is 0.256 e. The third kappa shape index (κ3) is 4.07. The number of hydrogen-bond acceptors (Lipinski definition) is 4. The maximum atomic E-state index is 13.6. The second-order valence-corrected chi connectivity index (χ2v) is 9.35. The zero-order valence-corrected chi connectivity index (χ0v) is 18.6. The second-order valence-electron chi connectivity index (χ2n) is 7.47. The normalized spacial score (nSPS) is 11.3. The Morgan fingerprint density at radius 1 is 0.906 bits per heavy atom. The minimum absolute atomic E-state index is 0.111. The molecule has 0 fully saturated rings. The van der Waals surface area contributed by atoms with Crippen LogP contribution in [-0.2, 0) is 16.4 Å². The number of benzene rings is 2. The molecule has 0 bridgehead atoms. The van der Waals surface area contributed by atoms with Crippen molar-refractivity contribution in [3.8, 4) is 0 Å². The maximum absolute atomic E-state index is 13.6. The minimum Gasteiger partial charge on any atom is -0.326 e. The van der Waals surface area contributed by atoms with Crippen molar-refractivity contribution in [1.82, 2.24) is 9.55 Å². The van der Waals surface area contributed by atoms with Crippen LogP contribution in [0, 0.1) is 13.8 Å². The van der Waals surface area contributed by atoms with Crippen molar-refractivity contribution in [3.05, 3.63) is 108 Å². The monoisotopic (exact) mass is 445 g/mol. The largest absolute Gasteiger partial charge is 0.326 e. The van der Waals surface area contributed by atoms with E-state index in [-0.39, 0.29) is 15.6 Å². The standard InChI is InChI=1S/C25H23N3O3S/c1-18-19(2)28(17-20-9-5-3-6-10-20)24(27-25(29)21-13-15-26-16-14-21)23(18)32(30,31)22-11-7-4-8-12-22/h3-16H,17H2,1-2H3,(H,27,29). The van der Waals surface area contributed by atoms with E-state index in [0.717, 1.165) is 11.3 Å². The van der Waals surface area contributed by atoms with Crippen LogP contribution in [0.4, 0.5) is 5.82 Å². The van der Waals surface area contributed by atoms with Crippen LogP contribution in [0.3, 0.4) is 0 Å². The second kappa shape index (κ2) is 8.80. The summed E-state index contributed by atoms with van der Waals surface area (Å²) in [5.41, 5.74) is 2.77. The van der Waals surface area contributed by atoms with Gasteiger partial charge in [-0.15, -0.1) is 0 Å². The minimum atomic E-state index is -3.87. The maximum Gasteiger partial charge on any atom is 0.256 e. The van der Waals surface area contributed by atoms with E-state index >= 15 is 0 Å². The van der Waals surface area contributed by atoms with E-state index < -0.39 is 15.7 Å². The summed E-state index contributed by atoms with van der Waals surface area (Å²) in [6.45, 7) is 4.06. The topological polar surface area (TPSA) is 81.1 Å². The van der Waals surface area contributed by atoms with Gasteiger partial charge in [-0.1, -0.05) is 48.5 Å². The molecule has 32 heavy (non-hydrogen) atoms. The van der Waals surface area contributed by atoms with E-state index in [1.54, 1.807) is 49.4 Å². The lowest BCUT2D eigenvalue weighted by Gasteiger charge is -2.15. The van der Waals surface area contributed by atoms with E-state index in [1.807, 2.05) is 41.8 Å². The van der Waals surface area contributed by atoms with Gasteiger partial charge in [-0.3, -0.25) is 9.78 Å². The van der Waals surface area contributed by atoms with Crippen molar-refractivity contribution >= 4 is 21.6 Å². The lowest BCUT2D eigenvalue weighted by Crippen LogP contribution is -2.18. The van der Waals surface area contributed by atoms with Gasteiger partial charge in [0, 0.05) is 30.2 Å². The van der Waals surface area contributed by atoms with Crippen LogP contribution in [0.15, 0.2) is 95.0 Å². The number of carbonyl (C=O) groups is 1. The molecule has 7 heteroatoms. The highest BCUT2D eigenvalue weighted by Crippen LogP contribution is 2.36. The van der Waals surface area contributed by atoms with Gasteiger partial charge < -0.3 is 9.88 Å². The van der Waals surface area contributed by atoms with Crippen LogP contribution in [-0.4, -0.2) is 23.9 Å². The van der Waals surface area contributed by atoms with Gasteiger partial charge in [0.2, 0.25) is 9.84 Å². The fourth-order valence-corrected chi connectivity index (χ4v) is 5.37. The number of nitrogens with zero attached hydrogens (tertiary/aromatic N) is 2. The summed E-state index contributed by atoms with van der Waals surface area (Å²) in [6, 6.07) is 21.2. The molecule has 2 aromatic heterocycles. The summed E-state index contributed by atoms with van der Waals surface area (Å²) in [6.07, 6.45) is 3.05. The van der Waals surface area contributed by atoms with Gasteiger partial charge in [-0.25, -0.2) is 8.42 Å². The Labute approximate surface area is 187 Å². The highest BCUT2D eigenvalue weighted by Gasteiger charge is 2.30. The Morgan fingerprint density at radius 3 is 2.12 bits per heavy atom. The highest BCUT2D eigenvalue weighted by atomic mass is 32.2. The fourth-order valence-electron chi connectivity index (χ4n) is 3.65. The quantitative estimate of drug-likeness (QED) is 0.469. The molecule has 0 spiro atoms. The van der Waals surface area contributed by atoms with Crippen molar-refractivity contribution in [3.63, 3.8) is 0 Å². The number of nitrogens with one attached hydrogen (secondary N) is 1. The van der Waals surface area contributed by atoms with Gasteiger partial charge in [-0.05, 0) is 49.2 Å². The Morgan fingerprint density at radius 2 is 1.50 bits per heavy atom. The molecule has 6 nitrogen and oxygen atoms in total. The van der Waals surface area contributed by atoms with Gasteiger partial charge in [0.25, 0.3) is 5.91 Å². The summed E-state index contributed by atoms with van der Waals surface area (Å²) in [5.74, 6) is -0.141. The highest BCUT2D eigenvalue weighted by molar-refractivity contribution is 7.91. The third-order valence-electron chi connectivity index (χ3n) is 5.45. The summed E-state index contributed by atoms with van der Waals surface area (Å²) < 4.78 is 29.1. The lowest BCUT2D eigenvalue weighted by atomic mass is 10.2. The summed E-state index contributed by atoms with van der Waals surface area (Å²) in [4.78, 5) is 17.2. The number of aromatic nitrogens is 2. The van der Waals surface area contributed by atoms with Crippen LogP contribution in [0.2, 0.25) is 0 Å². The first kappa shape index (κ1) is 21.5. The number of carbonyl (C=O) groups excluding carboxylic acids is 1. The molecule has 0 aliphatic carbocycles. The van der Waals surface area contributed by atoms with E-state index in [1.165, 1.54) is 12.4 Å². The van der Waals surface area contributed by atoms with Crippen molar-refractivity contribution in [2.24, 2.45) is 0 Å². The molecule has 4 aromatic rings. The molecule has 162 valence electrons. The van der Waals surface area contributed by atoms with Gasteiger partial charge in [-0.2, -0.15) is 0 Å². The SMILES string of the molecule is Cc1c(S(=O)(=O)c2ccccc2)c(NC(=O)c2ccncc2)n(Cc2ccccc2)c1C. The van der Waals surface area contributed by atoms with Crippen LogP contribution in [0.25, 0.3) is 0 Å². The summed E-state index contributed by atoms with van der Waals surface area (Å²) in [7, 11) is -3.87. The third-order valence-corrected chi connectivity index (χ3v) is 7.38. The molecular weight excluding hydrogens is 422 g/mol. The first-order valence-electron chi connectivity index (χ1n) is 10.1. The van der Waals surface area contributed by atoms with E-state index in [0.29, 0.717) is 17.7 Å². The van der Waals surface area contributed by atoms with Gasteiger partial charge >= 0.3 is 0 Å². The van der Waals surface area contributed by atoms with Crippen molar-refractivity contribution in [1.29, 1.82) is 0 Å². The first-order chi connectivity index (χ1) is 15.4. The van der Waals surface area contributed by atoms with Gasteiger partial charge in [0.05, 0.1) is 4.90 Å². The Kier molecular flexibility index (Phi) is 5.92. The van der Waals surface area contributed by atoms with E-state index in [4.69, 9.17) is 0 Å². The molecule has 2 aromatic carbocycles. The molecular formula is C25H23N3O3S. The first-order valence-corrected chi connectivity index (χ1v) is 11.6. The van der Waals surface area contributed by atoms with Crippen LogP contribution in [0.5, 0.6) is 0 Å². The Hall–Kier alpha value is -3.71. The zero-order valence-electron chi connectivity index (χ0n) is 17.8. The molecule has 2 heterocycles. The van der Waals surface area contributed by atoms with Crippen molar-refractivity contribution < 1.29 is 13.2 Å². The Balaban J connectivity index is 1.89. The molecule has 0 radical (unpaired) electrons. The molecule has 0 atom stereocenters. The number of hydrogen-bond donors (Lipinski definition) is 1. The Bertz CT molecular complexity index is 1350. The molecule has 0 aliphatic heterocycles. The molecule has 0 saturated heterocycles. The van der Waals surface area contributed by atoms with E-state index in [2.05, 4.69) is 10.3 Å².